The Morgan fingerprint density at radius 3 is 2.70 bits per heavy atom. The summed E-state index contributed by atoms with van der Waals surface area (Å²) in [5.74, 6) is 0.663. The molecule has 0 aromatic rings. The molecule has 0 aliphatic carbocycles. The van der Waals surface area contributed by atoms with E-state index in [1.54, 1.807) is 0 Å². The van der Waals surface area contributed by atoms with Crippen LogP contribution in [0.4, 0.5) is 3.89 Å². The lowest BCUT2D eigenvalue weighted by Gasteiger charge is -1.93. The summed E-state index contributed by atoms with van der Waals surface area (Å²) in [6.07, 6.45) is 8.73. The summed E-state index contributed by atoms with van der Waals surface area (Å²) in [6.45, 7) is 2.03. The van der Waals surface area contributed by atoms with Gasteiger partial charge >= 0.3 is 0 Å². The van der Waals surface area contributed by atoms with Crippen LogP contribution in [0.3, 0.4) is 0 Å². The summed E-state index contributed by atoms with van der Waals surface area (Å²) in [7, 11) is 0. The third kappa shape index (κ3) is 8.02. The second-order valence-corrected chi connectivity index (χ2v) is 2.86. The first-order chi connectivity index (χ1) is 4.91. The first kappa shape index (κ1) is 10.0. The van der Waals surface area contributed by atoms with Crippen LogP contribution in [0.5, 0.6) is 0 Å². The quantitative estimate of drug-likeness (QED) is 0.423. The molecule has 60 valence electrons. The molecule has 0 heterocycles. The lowest BCUT2D eigenvalue weighted by Crippen LogP contribution is -1.77. The highest BCUT2D eigenvalue weighted by Gasteiger charge is 1.87. The van der Waals surface area contributed by atoms with Crippen LogP contribution in [0.1, 0.15) is 32.6 Å². The third-order valence-electron chi connectivity index (χ3n) is 1.33. The van der Waals surface area contributed by atoms with Crippen molar-refractivity contribution in [2.24, 2.45) is 0 Å². The molecule has 10 heavy (non-hydrogen) atoms. The Balaban J connectivity index is 2.77. The van der Waals surface area contributed by atoms with Crippen LogP contribution < -0.4 is 0 Å². The van der Waals surface area contributed by atoms with Crippen LogP contribution in [0.2, 0.25) is 0 Å². The molecule has 0 fully saturated rings. The number of hydrogen-bond donors (Lipinski definition) is 0. The summed E-state index contributed by atoms with van der Waals surface area (Å²) < 4.78 is 11.5. The van der Waals surface area contributed by atoms with E-state index in [9.17, 15) is 3.89 Å². The van der Waals surface area contributed by atoms with E-state index in [1.165, 1.54) is 6.42 Å². The number of hydrogen-bond acceptors (Lipinski definition) is 1. The van der Waals surface area contributed by atoms with E-state index in [-0.39, 0.29) is 0 Å². The molecule has 0 saturated carbocycles. The van der Waals surface area contributed by atoms with Crippen molar-refractivity contribution in [3.63, 3.8) is 0 Å². The maximum atomic E-state index is 11.5. The minimum atomic E-state index is 0.447. The van der Waals surface area contributed by atoms with E-state index in [2.05, 4.69) is 12.2 Å². The molecule has 2 heteroatoms. The number of halogens is 1. The van der Waals surface area contributed by atoms with Gasteiger partial charge in [0.1, 0.15) is 0 Å². The van der Waals surface area contributed by atoms with E-state index >= 15 is 0 Å². The minimum absolute atomic E-state index is 0.447. The lowest BCUT2D eigenvalue weighted by molar-refractivity contribution is 0.730. The van der Waals surface area contributed by atoms with Crippen molar-refractivity contribution < 1.29 is 3.89 Å². The second kappa shape index (κ2) is 9.02. The van der Waals surface area contributed by atoms with Crippen molar-refractivity contribution >= 4 is 12.1 Å². The number of allylic oxidation sites excluding steroid dienone is 2. The van der Waals surface area contributed by atoms with Gasteiger partial charge in [0.15, 0.2) is 0 Å². The first-order valence-corrected chi connectivity index (χ1v) is 4.65. The van der Waals surface area contributed by atoms with Crippen molar-refractivity contribution in [1.82, 2.24) is 0 Å². The van der Waals surface area contributed by atoms with Gasteiger partial charge in [-0.3, -0.25) is 0 Å². The fraction of sp³-hybridized carbons (Fsp3) is 0.750. The number of unbranched alkanes of at least 4 members (excludes halogenated alkanes) is 3. The van der Waals surface area contributed by atoms with Crippen molar-refractivity contribution in [3.8, 4) is 0 Å². The van der Waals surface area contributed by atoms with Gasteiger partial charge in [-0.05, 0) is 26.2 Å². The van der Waals surface area contributed by atoms with Crippen molar-refractivity contribution in [3.05, 3.63) is 12.2 Å². The average molecular weight is 162 g/mol. The van der Waals surface area contributed by atoms with Gasteiger partial charge in [0, 0.05) is 17.9 Å². The fourth-order valence-electron chi connectivity index (χ4n) is 0.762. The van der Waals surface area contributed by atoms with Crippen LogP contribution in [0.15, 0.2) is 12.2 Å². The van der Waals surface area contributed by atoms with Gasteiger partial charge in [-0.2, -0.15) is 3.89 Å². The molecular formula is C8H15FS. The van der Waals surface area contributed by atoms with Crippen molar-refractivity contribution in [2.45, 2.75) is 32.6 Å². The maximum absolute atomic E-state index is 11.5. The SMILES string of the molecule is C/C=C/CCCCCSF. The van der Waals surface area contributed by atoms with Crippen LogP contribution in [0.25, 0.3) is 0 Å². The zero-order chi connectivity index (χ0) is 7.66. The van der Waals surface area contributed by atoms with Gasteiger partial charge in [0.05, 0.1) is 0 Å². The van der Waals surface area contributed by atoms with E-state index in [0.29, 0.717) is 17.9 Å². The highest BCUT2D eigenvalue weighted by molar-refractivity contribution is 7.94. The van der Waals surface area contributed by atoms with Crippen LogP contribution in [0, 0.1) is 0 Å². The smallest absolute Gasteiger partial charge is 0.0443 e. The Labute approximate surface area is 67.2 Å². The van der Waals surface area contributed by atoms with Gasteiger partial charge in [0.25, 0.3) is 0 Å². The van der Waals surface area contributed by atoms with Crippen molar-refractivity contribution in [2.75, 3.05) is 5.75 Å². The third-order valence-corrected chi connectivity index (χ3v) is 1.77. The molecule has 0 aromatic carbocycles. The summed E-state index contributed by atoms with van der Waals surface area (Å²) in [5.41, 5.74) is 0. The van der Waals surface area contributed by atoms with Gasteiger partial charge in [0.2, 0.25) is 0 Å². The Bertz CT molecular complexity index is 81.3. The standard InChI is InChI=1S/C8H15FS/c1-2-3-4-5-6-7-8-10-9/h2-3H,4-8H2,1H3/b3-2+. The van der Waals surface area contributed by atoms with Crippen LogP contribution in [-0.2, 0) is 0 Å². The maximum Gasteiger partial charge on any atom is 0.0443 e. The summed E-state index contributed by atoms with van der Waals surface area (Å²) in [5, 5.41) is 0. The van der Waals surface area contributed by atoms with Crippen molar-refractivity contribution in [1.29, 1.82) is 0 Å². The Morgan fingerprint density at radius 1 is 1.30 bits per heavy atom. The average Bonchev–Trinajstić information content (AvgIpc) is 1.97. The van der Waals surface area contributed by atoms with E-state index in [1.807, 2.05) is 6.92 Å². The van der Waals surface area contributed by atoms with E-state index < -0.39 is 0 Å². The van der Waals surface area contributed by atoms with Gasteiger partial charge < -0.3 is 0 Å². The molecule has 0 amide bonds. The topological polar surface area (TPSA) is 0 Å². The summed E-state index contributed by atoms with van der Waals surface area (Å²) >= 11 is 0.447. The first-order valence-electron chi connectivity index (χ1n) is 3.76. The number of rotatable bonds is 6. The Hall–Kier alpha value is 0.0200. The van der Waals surface area contributed by atoms with Gasteiger partial charge in [-0.25, -0.2) is 0 Å². The molecule has 0 spiro atoms. The second-order valence-electron chi connectivity index (χ2n) is 2.23. The largest absolute Gasteiger partial charge is 0.165 e. The Kier molecular flexibility index (Phi) is 9.04. The van der Waals surface area contributed by atoms with Gasteiger partial charge in [-0.15, -0.1) is 0 Å². The highest BCUT2D eigenvalue weighted by atomic mass is 32.2. The van der Waals surface area contributed by atoms with E-state index in [4.69, 9.17) is 0 Å². The molecule has 0 radical (unpaired) electrons. The predicted molar refractivity (Wildman–Crippen MR) is 46.8 cm³/mol. The monoisotopic (exact) mass is 162 g/mol. The molecular weight excluding hydrogens is 147 g/mol. The molecule has 0 aromatic heterocycles. The molecule has 0 unspecified atom stereocenters. The molecule has 0 bridgehead atoms. The fourth-order valence-corrected chi connectivity index (χ4v) is 1.08. The molecule has 0 saturated heterocycles. The molecule has 0 aliphatic heterocycles. The molecule has 0 aliphatic rings. The highest BCUT2D eigenvalue weighted by Crippen LogP contribution is 2.07. The minimum Gasteiger partial charge on any atom is -0.165 e. The van der Waals surface area contributed by atoms with Gasteiger partial charge in [-0.1, -0.05) is 18.6 Å². The predicted octanol–water partition coefficient (Wildman–Crippen LogP) is 3.74. The molecule has 0 nitrogen and oxygen atoms in total. The molecule has 0 rings (SSSR count). The Morgan fingerprint density at radius 2 is 2.10 bits per heavy atom. The zero-order valence-corrected chi connectivity index (χ0v) is 7.29. The van der Waals surface area contributed by atoms with Crippen LogP contribution in [-0.4, -0.2) is 5.75 Å². The normalized spacial score (nSPS) is 11.0. The van der Waals surface area contributed by atoms with E-state index in [0.717, 1.165) is 19.3 Å². The molecule has 0 N–H and O–H groups in total. The zero-order valence-electron chi connectivity index (χ0n) is 6.48. The summed E-state index contributed by atoms with van der Waals surface area (Å²) in [6, 6.07) is 0. The van der Waals surface area contributed by atoms with Crippen LogP contribution >= 0.6 is 12.1 Å². The summed E-state index contributed by atoms with van der Waals surface area (Å²) in [4.78, 5) is 0. The lowest BCUT2D eigenvalue weighted by atomic mass is 10.2. The molecule has 0 atom stereocenters.